The second kappa shape index (κ2) is 6.50. The Kier molecular flexibility index (Phi) is 4.90. The van der Waals surface area contributed by atoms with E-state index in [-0.39, 0.29) is 12.4 Å². The lowest BCUT2D eigenvalue weighted by molar-refractivity contribution is -0.327. The molecule has 3 rings (SSSR count). The summed E-state index contributed by atoms with van der Waals surface area (Å²) in [6, 6.07) is 0. The second-order valence-electron chi connectivity index (χ2n) is 5.96. The molecular weight excluding hydrogens is 280 g/mol. The van der Waals surface area contributed by atoms with Crippen LogP contribution in [0.25, 0.3) is 0 Å². The predicted octanol–water partition coefficient (Wildman–Crippen LogP) is 1.12. The lowest BCUT2D eigenvalue weighted by Gasteiger charge is -2.47. The van der Waals surface area contributed by atoms with Gasteiger partial charge in [-0.3, -0.25) is 0 Å². The summed E-state index contributed by atoms with van der Waals surface area (Å²) < 4.78 is 17.5. The van der Waals surface area contributed by atoms with E-state index in [1.54, 1.807) is 0 Å². The second-order valence-corrected chi connectivity index (χ2v) is 6.90. The fourth-order valence-corrected chi connectivity index (χ4v) is 4.13. The fraction of sp³-hybridized carbons (Fsp3) is 1.00. The van der Waals surface area contributed by atoms with Gasteiger partial charge in [-0.1, -0.05) is 19.3 Å². The Balaban J connectivity index is 1.64. The van der Waals surface area contributed by atoms with Gasteiger partial charge < -0.3 is 24.4 Å². The van der Waals surface area contributed by atoms with Gasteiger partial charge in [0.15, 0.2) is 6.29 Å². The number of ether oxygens (including phenoxy) is 3. The van der Waals surface area contributed by atoms with Crippen molar-refractivity contribution in [1.82, 2.24) is 0 Å². The Bertz CT molecular complexity index is 321. The van der Waals surface area contributed by atoms with Crippen molar-refractivity contribution in [3.05, 3.63) is 0 Å². The van der Waals surface area contributed by atoms with Gasteiger partial charge in [0.25, 0.3) is 0 Å². The van der Waals surface area contributed by atoms with Gasteiger partial charge in [0.05, 0.1) is 6.61 Å². The molecule has 1 saturated carbocycles. The molecule has 2 aliphatic heterocycles. The summed E-state index contributed by atoms with van der Waals surface area (Å²) in [7, 11) is 0. The summed E-state index contributed by atoms with van der Waals surface area (Å²) in [5.41, 5.74) is -0.412. The Labute approximate surface area is 124 Å². The summed E-state index contributed by atoms with van der Waals surface area (Å²) in [6.45, 7) is 0.437. The van der Waals surface area contributed by atoms with E-state index in [1.807, 2.05) is 6.26 Å². The number of thioether (sulfide) groups is 1. The highest BCUT2D eigenvalue weighted by Crippen LogP contribution is 2.36. The largest absolute Gasteiger partial charge is 0.387 e. The average molecular weight is 304 g/mol. The van der Waals surface area contributed by atoms with Crippen LogP contribution in [0, 0.1) is 5.92 Å². The number of rotatable bonds is 2. The van der Waals surface area contributed by atoms with Crippen molar-refractivity contribution in [3.63, 3.8) is 0 Å². The molecule has 0 aromatic rings. The monoisotopic (exact) mass is 304 g/mol. The standard InChI is InChI=1S/C14H24O5S/c1-20-14-11(16)10(15)12-9(18-14)7-17-13(19-12)8-5-3-2-4-6-8/h8-16H,2-7H2,1H3/t9?,10-,11?,12+,13?,14+/m1/s1. The lowest BCUT2D eigenvalue weighted by Crippen LogP contribution is -2.62. The maximum atomic E-state index is 10.3. The highest BCUT2D eigenvalue weighted by atomic mass is 32.2. The van der Waals surface area contributed by atoms with Gasteiger partial charge in [-0.15, -0.1) is 11.8 Å². The molecule has 0 bridgehead atoms. The molecule has 0 spiro atoms. The number of hydrogen-bond acceptors (Lipinski definition) is 6. The van der Waals surface area contributed by atoms with Crippen LogP contribution in [0.1, 0.15) is 32.1 Å². The number of aliphatic hydroxyl groups is 2. The molecule has 3 fully saturated rings. The van der Waals surface area contributed by atoms with E-state index in [9.17, 15) is 10.2 Å². The SMILES string of the molecule is CS[C@@H]1OC2COC(C3CCCCC3)O[C@@H]2[C@H](O)C1O. The third kappa shape index (κ3) is 2.87. The maximum Gasteiger partial charge on any atom is 0.161 e. The minimum Gasteiger partial charge on any atom is -0.387 e. The first kappa shape index (κ1) is 15.1. The molecule has 0 radical (unpaired) electrons. The summed E-state index contributed by atoms with van der Waals surface area (Å²) in [4.78, 5) is 0. The molecule has 0 aromatic carbocycles. The molecule has 20 heavy (non-hydrogen) atoms. The first-order chi connectivity index (χ1) is 9.70. The first-order valence-corrected chi connectivity index (χ1v) is 8.81. The Morgan fingerprint density at radius 1 is 1.00 bits per heavy atom. The predicted molar refractivity (Wildman–Crippen MR) is 75.4 cm³/mol. The normalized spacial score (nSPS) is 47.0. The smallest absolute Gasteiger partial charge is 0.161 e. The molecule has 2 heterocycles. The van der Waals surface area contributed by atoms with Crippen LogP contribution in [0.3, 0.4) is 0 Å². The van der Waals surface area contributed by atoms with Crippen LogP contribution in [0.15, 0.2) is 0 Å². The molecule has 6 heteroatoms. The van der Waals surface area contributed by atoms with E-state index >= 15 is 0 Å². The van der Waals surface area contributed by atoms with Gasteiger partial charge in [-0.25, -0.2) is 0 Å². The highest BCUT2D eigenvalue weighted by Gasteiger charge is 2.49. The zero-order chi connectivity index (χ0) is 14.1. The Morgan fingerprint density at radius 2 is 1.75 bits per heavy atom. The van der Waals surface area contributed by atoms with E-state index in [1.165, 1.54) is 31.0 Å². The molecule has 2 N–H and O–H groups in total. The van der Waals surface area contributed by atoms with Crippen LogP contribution in [-0.4, -0.2) is 59.2 Å². The minimum atomic E-state index is -0.906. The van der Waals surface area contributed by atoms with Gasteiger partial charge in [0.2, 0.25) is 0 Å². The zero-order valence-corrected chi connectivity index (χ0v) is 12.6. The summed E-state index contributed by atoms with van der Waals surface area (Å²) >= 11 is 1.40. The van der Waals surface area contributed by atoms with E-state index in [4.69, 9.17) is 14.2 Å². The number of hydrogen-bond donors (Lipinski definition) is 2. The summed E-state index contributed by atoms with van der Waals surface area (Å²) in [6.07, 6.45) is 5.00. The van der Waals surface area contributed by atoms with Gasteiger partial charge in [0.1, 0.15) is 29.9 Å². The van der Waals surface area contributed by atoms with Crippen LogP contribution in [0.4, 0.5) is 0 Å². The third-order valence-corrected chi connectivity index (χ3v) is 5.48. The Morgan fingerprint density at radius 3 is 2.45 bits per heavy atom. The molecule has 5 nitrogen and oxygen atoms in total. The zero-order valence-electron chi connectivity index (χ0n) is 11.8. The first-order valence-electron chi connectivity index (χ1n) is 7.52. The maximum absolute atomic E-state index is 10.3. The van der Waals surface area contributed by atoms with Crippen molar-refractivity contribution < 1.29 is 24.4 Å². The average Bonchev–Trinajstić information content (AvgIpc) is 2.51. The summed E-state index contributed by atoms with van der Waals surface area (Å²) in [5.74, 6) is 0.410. The van der Waals surface area contributed by atoms with Crippen molar-refractivity contribution in [3.8, 4) is 0 Å². The number of fused-ring (bicyclic) bond motifs is 1. The van der Waals surface area contributed by atoms with Gasteiger partial charge in [-0.2, -0.15) is 0 Å². The third-order valence-electron chi connectivity index (χ3n) is 4.62. The van der Waals surface area contributed by atoms with E-state index in [2.05, 4.69) is 0 Å². The Hall–Kier alpha value is 0.150. The molecule has 116 valence electrons. The van der Waals surface area contributed by atoms with Crippen LogP contribution in [0.2, 0.25) is 0 Å². The molecule has 3 unspecified atom stereocenters. The van der Waals surface area contributed by atoms with Gasteiger partial charge in [-0.05, 0) is 19.1 Å². The van der Waals surface area contributed by atoms with Crippen LogP contribution < -0.4 is 0 Å². The van der Waals surface area contributed by atoms with Crippen molar-refractivity contribution in [2.24, 2.45) is 5.92 Å². The van der Waals surface area contributed by atoms with Gasteiger partial charge >= 0.3 is 0 Å². The molecule has 2 saturated heterocycles. The fourth-order valence-electron chi connectivity index (χ4n) is 3.44. The van der Waals surface area contributed by atoms with Gasteiger partial charge in [0, 0.05) is 5.92 Å². The topological polar surface area (TPSA) is 68.2 Å². The molecule has 6 atom stereocenters. The van der Waals surface area contributed by atoms with E-state index < -0.39 is 23.7 Å². The van der Waals surface area contributed by atoms with Crippen LogP contribution >= 0.6 is 11.8 Å². The molecular formula is C14H24O5S. The number of aliphatic hydroxyl groups excluding tert-OH is 2. The van der Waals surface area contributed by atoms with E-state index in [0.717, 1.165) is 12.8 Å². The molecule has 3 aliphatic rings. The van der Waals surface area contributed by atoms with Crippen molar-refractivity contribution in [2.75, 3.05) is 12.9 Å². The highest BCUT2D eigenvalue weighted by molar-refractivity contribution is 7.99. The lowest BCUT2D eigenvalue weighted by atomic mass is 9.88. The molecule has 0 amide bonds. The van der Waals surface area contributed by atoms with Crippen molar-refractivity contribution >= 4 is 11.8 Å². The van der Waals surface area contributed by atoms with Crippen LogP contribution in [-0.2, 0) is 14.2 Å². The van der Waals surface area contributed by atoms with E-state index in [0.29, 0.717) is 12.5 Å². The quantitative estimate of drug-likeness (QED) is 0.797. The van der Waals surface area contributed by atoms with Crippen molar-refractivity contribution in [1.29, 1.82) is 0 Å². The molecule has 1 aliphatic carbocycles. The minimum absolute atomic E-state index is 0.257. The van der Waals surface area contributed by atoms with Crippen LogP contribution in [0.5, 0.6) is 0 Å². The summed E-state index contributed by atoms with van der Waals surface area (Å²) in [5, 5.41) is 20.3. The van der Waals surface area contributed by atoms with Crippen molar-refractivity contribution in [2.45, 2.75) is 68.2 Å². The molecule has 0 aromatic heterocycles.